The van der Waals surface area contributed by atoms with Crippen LogP contribution >= 0.6 is 15.9 Å². The number of anilines is 1. The molecule has 2 amide bonds. The summed E-state index contributed by atoms with van der Waals surface area (Å²) in [5, 5.41) is 0. The lowest BCUT2D eigenvalue weighted by molar-refractivity contribution is -0.122. The summed E-state index contributed by atoms with van der Waals surface area (Å²) in [7, 11) is -4.09. The van der Waals surface area contributed by atoms with Crippen molar-refractivity contribution in [3.8, 4) is 5.75 Å². The average molecular weight is 557 g/mol. The molecule has 1 unspecified atom stereocenters. The molecular formula is C26H25BrN2O5S. The second-order valence-electron chi connectivity index (χ2n) is 8.20. The van der Waals surface area contributed by atoms with Gasteiger partial charge in [0.25, 0.3) is 5.91 Å². The average Bonchev–Trinajstić information content (AvgIpc) is 3.13. The molecule has 182 valence electrons. The first kappa shape index (κ1) is 25.1. The minimum atomic E-state index is -4.09. The molecule has 0 saturated carbocycles. The summed E-state index contributed by atoms with van der Waals surface area (Å²) >= 11 is 3.32. The number of carbonyl (C=O) groups excluding carboxylic acids is 2. The lowest BCUT2D eigenvalue weighted by Crippen LogP contribution is -2.45. The summed E-state index contributed by atoms with van der Waals surface area (Å²) in [5.74, 6) is -0.415. The van der Waals surface area contributed by atoms with Crippen LogP contribution in [-0.2, 0) is 26.2 Å². The topological polar surface area (TPSA) is 84.0 Å². The molecular weight excluding hydrogens is 532 g/mol. The Hall–Kier alpha value is -3.01. The van der Waals surface area contributed by atoms with Crippen molar-refractivity contribution in [2.75, 3.05) is 11.5 Å². The van der Waals surface area contributed by atoms with E-state index in [-0.39, 0.29) is 17.9 Å². The van der Waals surface area contributed by atoms with Gasteiger partial charge in [-0.05, 0) is 67.9 Å². The van der Waals surface area contributed by atoms with Crippen LogP contribution in [0.25, 0.3) is 0 Å². The van der Waals surface area contributed by atoms with Gasteiger partial charge in [0.2, 0.25) is 15.9 Å². The maximum atomic E-state index is 13.7. The van der Waals surface area contributed by atoms with Crippen molar-refractivity contribution >= 4 is 43.5 Å². The SMILES string of the molecule is CCOc1ccc(N2C(=O)CC(N(Cc3ccc(C)cc3)S(=O)(=O)c3ccc(Br)cc3)C2=O)cc1. The van der Waals surface area contributed by atoms with Gasteiger partial charge in [-0.15, -0.1) is 0 Å². The Labute approximate surface area is 213 Å². The van der Waals surface area contributed by atoms with E-state index in [9.17, 15) is 18.0 Å². The third-order valence-electron chi connectivity index (χ3n) is 5.76. The molecule has 0 spiro atoms. The van der Waals surface area contributed by atoms with Crippen LogP contribution < -0.4 is 9.64 Å². The third kappa shape index (κ3) is 5.32. The lowest BCUT2D eigenvalue weighted by atomic mass is 10.1. The van der Waals surface area contributed by atoms with Gasteiger partial charge in [0, 0.05) is 11.0 Å². The molecule has 1 aliphatic rings. The minimum Gasteiger partial charge on any atom is -0.494 e. The van der Waals surface area contributed by atoms with Gasteiger partial charge in [0.1, 0.15) is 11.8 Å². The normalized spacial score (nSPS) is 16.2. The summed E-state index contributed by atoms with van der Waals surface area (Å²) < 4.78 is 34.8. The maximum absolute atomic E-state index is 13.7. The van der Waals surface area contributed by atoms with Crippen LogP contribution in [0.15, 0.2) is 82.2 Å². The van der Waals surface area contributed by atoms with Gasteiger partial charge >= 0.3 is 0 Å². The van der Waals surface area contributed by atoms with E-state index in [2.05, 4.69) is 15.9 Å². The monoisotopic (exact) mass is 556 g/mol. The first-order valence-electron chi connectivity index (χ1n) is 11.1. The maximum Gasteiger partial charge on any atom is 0.252 e. The van der Waals surface area contributed by atoms with E-state index in [0.717, 1.165) is 24.8 Å². The highest BCUT2D eigenvalue weighted by molar-refractivity contribution is 9.10. The fourth-order valence-electron chi connectivity index (χ4n) is 3.95. The van der Waals surface area contributed by atoms with Crippen molar-refractivity contribution in [3.05, 3.63) is 88.4 Å². The third-order valence-corrected chi connectivity index (χ3v) is 8.15. The molecule has 0 N–H and O–H groups in total. The summed E-state index contributed by atoms with van der Waals surface area (Å²) in [5.41, 5.74) is 2.13. The Bertz CT molecular complexity index is 1320. The van der Waals surface area contributed by atoms with Crippen LogP contribution in [0.5, 0.6) is 5.75 Å². The summed E-state index contributed by atoms with van der Waals surface area (Å²) in [6.45, 7) is 4.25. The minimum absolute atomic E-state index is 0.0422. The molecule has 1 saturated heterocycles. The first-order chi connectivity index (χ1) is 16.7. The lowest BCUT2D eigenvalue weighted by Gasteiger charge is -2.27. The Morgan fingerprint density at radius 2 is 1.60 bits per heavy atom. The van der Waals surface area contributed by atoms with Gasteiger partial charge in [-0.1, -0.05) is 45.8 Å². The molecule has 0 aliphatic carbocycles. The van der Waals surface area contributed by atoms with Crippen molar-refractivity contribution in [1.29, 1.82) is 0 Å². The molecule has 3 aromatic carbocycles. The highest BCUT2D eigenvalue weighted by Gasteiger charge is 2.47. The number of rotatable bonds is 8. The molecule has 1 aliphatic heterocycles. The molecule has 0 bridgehead atoms. The largest absolute Gasteiger partial charge is 0.494 e. The number of benzene rings is 3. The van der Waals surface area contributed by atoms with E-state index < -0.39 is 27.9 Å². The molecule has 1 heterocycles. The van der Waals surface area contributed by atoms with Gasteiger partial charge < -0.3 is 4.74 Å². The molecule has 1 atom stereocenters. The zero-order chi connectivity index (χ0) is 25.2. The summed E-state index contributed by atoms with van der Waals surface area (Å²) in [6.07, 6.45) is -0.242. The molecule has 1 fully saturated rings. The number of sulfonamides is 1. The van der Waals surface area contributed by atoms with E-state index in [1.54, 1.807) is 36.4 Å². The highest BCUT2D eigenvalue weighted by atomic mass is 79.9. The number of hydrogen-bond donors (Lipinski definition) is 0. The van der Waals surface area contributed by atoms with Crippen molar-refractivity contribution in [3.63, 3.8) is 0 Å². The molecule has 35 heavy (non-hydrogen) atoms. The van der Waals surface area contributed by atoms with Crippen LogP contribution in [0.3, 0.4) is 0 Å². The van der Waals surface area contributed by atoms with Crippen LogP contribution in [0.1, 0.15) is 24.5 Å². The second-order valence-corrected chi connectivity index (χ2v) is 11.0. The van der Waals surface area contributed by atoms with E-state index in [1.165, 1.54) is 12.1 Å². The number of imide groups is 1. The summed E-state index contributed by atoms with van der Waals surface area (Å²) in [6, 6.07) is 19.1. The van der Waals surface area contributed by atoms with Gasteiger partial charge in [-0.3, -0.25) is 9.59 Å². The zero-order valence-corrected chi connectivity index (χ0v) is 21.8. The van der Waals surface area contributed by atoms with Crippen molar-refractivity contribution in [2.45, 2.75) is 37.8 Å². The van der Waals surface area contributed by atoms with E-state index in [1.807, 2.05) is 38.1 Å². The molecule has 0 aromatic heterocycles. The Morgan fingerprint density at radius 1 is 0.971 bits per heavy atom. The van der Waals surface area contributed by atoms with Gasteiger partial charge in [0.15, 0.2) is 0 Å². The Morgan fingerprint density at radius 3 is 2.20 bits per heavy atom. The standard InChI is InChI=1S/C26H25BrN2O5S/c1-3-34-22-12-10-21(11-13-22)29-25(30)16-24(26(29)31)28(17-19-6-4-18(2)5-7-19)35(32,33)23-14-8-20(27)9-15-23/h4-15,24H,3,16-17H2,1-2H3. The van der Waals surface area contributed by atoms with Crippen molar-refractivity contribution in [2.24, 2.45) is 0 Å². The Kier molecular flexibility index (Phi) is 7.39. The molecule has 0 radical (unpaired) electrons. The van der Waals surface area contributed by atoms with Crippen LogP contribution in [-0.4, -0.2) is 37.2 Å². The second kappa shape index (κ2) is 10.3. The van der Waals surface area contributed by atoms with E-state index >= 15 is 0 Å². The smallest absolute Gasteiger partial charge is 0.252 e. The molecule has 4 rings (SSSR count). The molecule has 7 nitrogen and oxygen atoms in total. The molecule has 9 heteroatoms. The van der Waals surface area contributed by atoms with Crippen LogP contribution in [0.4, 0.5) is 5.69 Å². The number of amides is 2. The predicted molar refractivity (Wildman–Crippen MR) is 137 cm³/mol. The van der Waals surface area contributed by atoms with Gasteiger partial charge in [-0.25, -0.2) is 13.3 Å². The Balaban J connectivity index is 1.71. The first-order valence-corrected chi connectivity index (χ1v) is 13.4. The summed E-state index contributed by atoms with van der Waals surface area (Å²) in [4.78, 5) is 27.6. The van der Waals surface area contributed by atoms with E-state index in [0.29, 0.717) is 18.0 Å². The number of nitrogens with zero attached hydrogens (tertiary/aromatic N) is 2. The quantitative estimate of drug-likeness (QED) is 0.376. The fourth-order valence-corrected chi connectivity index (χ4v) is 5.78. The molecule has 3 aromatic rings. The number of aryl methyl sites for hydroxylation is 1. The van der Waals surface area contributed by atoms with Crippen molar-refractivity contribution in [1.82, 2.24) is 4.31 Å². The number of ether oxygens (including phenoxy) is 1. The zero-order valence-electron chi connectivity index (χ0n) is 19.3. The number of hydrogen-bond acceptors (Lipinski definition) is 5. The number of halogens is 1. The van der Waals surface area contributed by atoms with Crippen molar-refractivity contribution < 1.29 is 22.7 Å². The van der Waals surface area contributed by atoms with Gasteiger partial charge in [0.05, 0.1) is 23.6 Å². The predicted octanol–water partition coefficient (Wildman–Crippen LogP) is 4.68. The van der Waals surface area contributed by atoms with Crippen LogP contribution in [0, 0.1) is 6.92 Å². The van der Waals surface area contributed by atoms with Gasteiger partial charge in [-0.2, -0.15) is 4.31 Å². The highest BCUT2D eigenvalue weighted by Crippen LogP contribution is 2.32. The van der Waals surface area contributed by atoms with E-state index in [4.69, 9.17) is 4.74 Å². The van der Waals surface area contributed by atoms with Crippen LogP contribution in [0.2, 0.25) is 0 Å². The fraction of sp³-hybridized carbons (Fsp3) is 0.231. The number of carbonyl (C=O) groups is 2.